The lowest BCUT2D eigenvalue weighted by Gasteiger charge is -2.41. The summed E-state index contributed by atoms with van der Waals surface area (Å²) >= 11 is 0. The molecule has 0 saturated carbocycles. The van der Waals surface area contributed by atoms with E-state index in [9.17, 15) is 4.79 Å². The first kappa shape index (κ1) is 14.5. The van der Waals surface area contributed by atoms with Crippen molar-refractivity contribution in [2.75, 3.05) is 0 Å². The molecule has 2 heteroatoms. The number of esters is 1. The normalized spacial score (nSPS) is 16.3. The van der Waals surface area contributed by atoms with Crippen LogP contribution in [0.1, 0.15) is 61.3 Å². The highest BCUT2D eigenvalue weighted by Crippen LogP contribution is 2.45. The van der Waals surface area contributed by atoms with Crippen molar-refractivity contribution in [3.63, 3.8) is 0 Å². The van der Waals surface area contributed by atoms with Gasteiger partial charge in [0, 0.05) is 0 Å². The second-order valence-corrected chi connectivity index (χ2v) is 5.38. The second kappa shape index (κ2) is 5.00. The highest BCUT2D eigenvalue weighted by Gasteiger charge is 2.46. The maximum Gasteiger partial charge on any atom is 0.312 e. The average molecular weight is 214 g/mol. The summed E-state index contributed by atoms with van der Waals surface area (Å²) < 4.78 is 5.36. The van der Waals surface area contributed by atoms with Crippen molar-refractivity contribution in [2.24, 2.45) is 10.8 Å². The number of ether oxygens (including phenoxy) is 1. The summed E-state index contributed by atoms with van der Waals surface area (Å²) in [6, 6.07) is 0. The zero-order valence-corrected chi connectivity index (χ0v) is 11.3. The molecule has 0 N–H and O–H groups in total. The maximum atomic E-state index is 12.1. The molecule has 90 valence electrons. The molecule has 0 fully saturated rings. The van der Waals surface area contributed by atoms with Gasteiger partial charge in [-0.15, -0.1) is 0 Å². The molecule has 0 aromatic carbocycles. The van der Waals surface area contributed by atoms with Crippen molar-refractivity contribution in [1.82, 2.24) is 0 Å². The molecule has 0 aliphatic carbocycles. The Hall–Kier alpha value is -0.530. The van der Waals surface area contributed by atoms with Crippen LogP contribution >= 0.6 is 0 Å². The molecule has 0 spiro atoms. The monoisotopic (exact) mass is 214 g/mol. The van der Waals surface area contributed by atoms with Gasteiger partial charge < -0.3 is 4.74 Å². The predicted octanol–water partition coefficient (Wildman–Crippen LogP) is 3.79. The van der Waals surface area contributed by atoms with Gasteiger partial charge in [0.15, 0.2) is 0 Å². The molecule has 0 aliphatic heterocycles. The van der Waals surface area contributed by atoms with Crippen LogP contribution < -0.4 is 0 Å². The Morgan fingerprint density at radius 2 is 1.60 bits per heavy atom. The minimum Gasteiger partial charge on any atom is -0.463 e. The molecule has 0 radical (unpaired) electrons. The van der Waals surface area contributed by atoms with Crippen molar-refractivity contribution in [3.8, 4) is 0 Å². The first-order chi connectivity index (χ1) is 6.71. The number of carbonyl (C=O) groups is 1. The Labute approximate surface area is 94.4 Å². The molecule has 0 aliphatic rings. The first-order valence-electron chi connectivity index (χ1n) is 5.92. The second-order valence-electron chi connectivity index (χ2n) is 5.38. The van der Waals surface area contributed by atoms with Crippen LogP contribution in [-0.4, -0.2) is 12.1 Å². The van der Waals surface area contributed by atoms with Crippen LogP contribution in [0.3, 0.4) is 0 Å². The molecule has 0 rings (SSSR count). The van der Waals surface area contributed by atoms with Gasteiger partial charge in [0.1, 0.15) is 0 Å². The van der Waals surface area contributed by atoms with Crippen molar-refractivity contribution in [3.05, 3.63) is 0 Å². The van der Waals surface area contributed by atoms with Crippen LogP contribution in [0.25, 0.3) is 0 Å². The molecule has 15 heavy (non-hydrogen) atoms. The molecule has 0 aromatic rings. The molecule has 0 heterocycles. The fourth-order valence-electron chi connectivity index (χ4n) is 1.63. The molecular formula is C13H26O2. The third kappa shape index (κ3) is 2.96. The quantitative estimate of drug-likeness (QED) is 0.651. The van der Waals surface area contributed by atoms with Gasteiger partial charge in [-0.3, -0.25) is 4.79 Å². The molecule has 2 nitrogen and oxygen atoms in total. The van der Waals surface area contributed by atoms with Gasteiger partial charge in [-0.25, -0.2) is 0 Å². The Morgan fingerprint density at radius 1 is 1.13 bits per heavy atom. The van der Waals surface area contributed by atoms with Crippen molar-refractivity contribution in [1.29, 1.82) is 0 Å². The minimum absolute atomic E-state index is 0.0201. The van der Waals surface area contributed by atoms with E-state index in [-0.39, 0.29) is 22.9 Å². The summed E-state index contributed by atoms with van der Waals surface area (Å²) in [5.41, 5.74) is -0.403. The van der Waals surface area contributed by atoms with Crippen molar-refractivity contribution in [2.45, 2.75) is 67.4 Å². The molecule has 0 saturated heterocycles. The maximum absolute atomic E-state index is 12.1. The van der Waals surface area contributed by atoms with Crippen LogP contribution in [0.5, 0.6) is 0 Å². The van der Waals surface area contributed by atoms with Gasteiger partial charge >= 0.3 is 5.97 Å². The van der Waals surface area contributed by atoms with Crippen molar-refractivity contribution >= 4 is 5.97 Å². The van der Waals surface area contributed by atoms with Gasteiger partial charge in [0.2, 0.25) is 0 Å². The van der Waals surface area contributed by atoms with Crippen LogP contribution in [0.4, 0.5) is 0 Å². The van der Waals surface area contributed by atoms with Gasteiger partial charge in [0.25, 0.3) is 0 Å². The molecule has 0 bridgehead atoms. The van der Waals surface area contributed by atoms with E-state index >= 15 is 0 Å². The van der Waals surface area contributed by atoms with E-state index in [1.807, 2.05) is 20.8 Å². The van der Waals surface area contributed by atoms with E-state index in [1.54, 1.807) is 0 Å². The van der Waals surface area contributed by atoms with Crippen LogP contribution in [0.2, 0.25) is 0 Å². The zero-order valence-electron chi connectivity index (χ0n) is 11.3. The zero-order chi connectivity index (χ0) is 12.3. The van der Waals surface area contributed by atoms with Gasteiger partial charge in [-0.05, 0) is 39.0 Å². The molecule has 0 aromatic heterocycles. The fraction of sp³-hybridized carbons (Fsp3) is 0.923. The van der Waals surface area contributed by atoms with Crippen molar-refractivity contribution < 1.29 is 9.53 Å². The number of carbonyl (C=O) groups excluding carboxylic acids is 1. The lowest BCUT2D eigenvalue weighted by Crippen LogP contribution is -2.43. The molecule has 1 unspecified atom stereocenters. The topological polar surface area (TPSA) is 26.3 Å². The van der Waals surface area contributed by atoms with Crippen LogP contribution in [0.15, 0.2) is 0 Å². The van der Waals surface area contributed by atoms with Crippen LogP contribution in [0, 0.1) is 10.8 Å². The lowest BCUT2D eigenvalue weighted by molar-refractivity contribution is -0.167. The highest BCUT2D eigenvalue weighted by atomic mass is 16.5. The largest absolute Gasteiger partial charge is 0.463 e. The Balaban J connectivity index is 4.93. The average Bonchev–Trinajstić information content (AvgIpc) is 2.15. The van der Waals surface area contributed by atoms with E-state index < -0.39 is 0 Å². The third-order valence-corrected chi connectivity index (χ3v) is 3.88. The summed E-state index contributed by atoms with van der Waals surface area (Å²) in [6.45, 7) is 14.3. The van der Waals surface area contributed by atoms with Gasteiger partial charge in [-0.2, -0.15) is 0 Å². The minimum atomic E-state index is -0.383. The van der Waals surface area contributed by atoms with E-state index in [0.717, 1.165) is 12.8 Å². The van der Waals surface area contributed by atoms with Gasteiger partial charge in [0.05, 0.1) is 11.5 Å². The first-order valence-corrected chi connectivity index (χ1v) is 5.92. The summed E-state index contributed by atoms with van der Waals surface area (Å²) in [7, 11) is 0. The summed E-state index contributed by atoms with van der Waals surface area (Å²) in [5.74, 6) is -0.0631. The molecule has 0 amide bonds. The van der Waals surface area contributed by atoms with E-state index in [4.69, 9.17) is 4.74 Å². The number of hydrogen-bond acceptors (Lipinski definition) is 2. The van der Waals surface area contributed by atoms with E-state index in [1.165, 1.54) is 0 Å². The summed E-state index contributed by atoms with van der Waals surface area (Å²) in [6.07, 6.45) is 1.76. The Kier molecular flexibility index (Phi) is 4.82. The van der Waals surface area contributed by atoms with Crippen LogP contribution in [-0.2, 0) is 9.53 Å². The lowest BCUT2D eigenvalue weighted by atomic mass is 9.63. The Bertz CT molecular complexity index is 219. The predicted molar refractivity (Wildman–Crippen MR) is 63.7 cm³/mol. The standard InChI is InChI=1S/C13H26O2/c1-8-12(5,6)13(7,9-2)11(14)15-10(3)4/h10H,8-9H2,1-7H3. The fourth-order valence-corrected chi connectivity index (χ4v) is 1.63. The smallest absolute Gasteiger partial charge is 0.312 e. The third-order valence-electron chi connectivity index (χ3n) is 3.88. The molecule has 1 atom stereocenters. The van der Waals surface area contributed by atoms with E-state index in [2.05, 4.69) is 27.7 Å². The summed E-state index contributed by atoms with van der Waals surface area (Å²) in [4.78, 5) is 12.1. The number of hydrogen-bond donors (Lipinski definition) is 0. The Morgan fingerprint density at radius 3 is 1.87 bits per heavy atom. The highest BCUT2D eigenvalue weighted by molar-refractivity contribution is 5.77. The summed E-state index contributed by atoms with van der Waals surface area (Å²) in [5, 5.41) is 0. The van der Waals surface area contributed by atoms with Gasteiger partial charge in [-0.1, -0.05) is 27.7 Å². The van der Waals surface area contributed by atoms with E-state index in [0.29, 0.717) is 0 Å². The number of rotatable bonds is 5. The SMILES string of the molecule is CCC(C)(C)C(C)(CC)C(=O)OC(C)C. The molecular weight excluding hydrogens is 188 g/mol.